The van der Waals surface area contributed by atoms with Crippen LogP contribution in [0.5, 0.6) is 0 Å². The summed E-state index contributed by atoms with van der Waals surface area (Å²) in [6.45, 7) is 8.27. The molecule has 8 heteroatoms. The van der Waals surface area contributed by atoms with E-state index in [0.29, 0.717) is 24.0 Å². The van der Waals surface area contributed by atoms with E-state index >= 15 is 0 Å². The van der Waals surface area contributed by atoms with Crippen LogP contribution in [0.2, 0.25) is 5.02 Å². The topological polar surface area (TPSA) is 69.5 Å². The lowest BCUT2D eigenvalue weighted by Crippen LogP contribution is -2.35. The first-order valence-electron chi connectivity index (χ1n) is 13.1. The first kappa shape index (κ1) is 24.6. The Bertz CT molecular complexity index is 1050. The fourth-order valence-electron chi connectivity index (χ4n) is 5.86. The van der Waals surface area contributed by atoms with Crippen molar-refractivity contribution in [1.29, 1.82) is 0 Å². The third-order valence-electron chi connectivity index (χ3n) is 7.60. The largest absolute Gasteiger partial charge is 0.444 e. The fourth-order valence-corrected chi connectivity index (χ4v) is 6.05. The van der Waals surface area contributed by atoms with Gasteiger partial charge in [-0.05, 0) is 101 Å². The van der Waals surface area contributed by atoms with E-state index in [1.54, 1.807) is 4.90 Å². The number of aromatic nitrogens is 3. The highest BCUT2D eigenvalue weighted by Crippen LogP contribution is 2.40. The number of hydrogen-bond donors (Lipinski definition) is 0. The van der Waals surface area contributed by atoms with Crippen LogP contribution in [-0.4, -0.2) is 44.6 Å². The van der Waals surface area contributed by atoms with Crippen LogP contribution in [0.4, 0.5) is 4.79 Å². The highest BCUT2D eigenvalue weighted by atomic mass is 35.5. The number of halogens is 1. The van der Waals surface area contributed by atoms with Crippen LogP contribution in [-0.2, 0) is 22.6 Å². The maximum Gasteiger partial charge on any atom is 0.411 e. The number of hydrogen-bond acceptors (Lipinski definition) is 5. The average molecular weight is 501 g/mol. The van der Waals surface area contributed by atoms with Crippen LogP contribution < -0.4 is 0 Å². The van der Waals surface area contributed by atoms with Gasteiger partial charge in [-0.2, -0.15) is 0 Å². The first-order valence-corrected chi connectivity index (χ1v) is 13.4. The summed E-state index contributed by atoms with van der Waals surface area (Å²) in [6.07, 6.45) is 8.14. The normalized spacial score (nSPS) is 23.4. The Morgan fingerprint density at radius 3 is 2.49 bits per heavy atom. The van der Waals surface area contributed by atoms with Gasteiger partial charge in [-0.3, -0.25) is 9.47 Å². The van der Waals surface area contributed by atoms with Gasteiger partial charge < -0.3 is 9.47 Å². The van der Waals surface area contributed by atoms with Gasteiger partial charge in [-0.1, -0.05) is 11.6 Å². The van der Waals surface area contributed by atoms with Gasteiger partial charge in [-0.25, -0.2) is 4.79 Å². The fraction of sp³-hybridized carbons (Fsp3) is 0.667. The number of fused-ring (bicyclic) bond motifs is 3. The van der Waals surface area contributed by atoms with Crippen molar-refractivity contribution < 1.29 is 14.3 Å². The average Bonchev–Trinajstić information content (AvgIpc) is 3.15. The van der Waals surface area contributed by atoms with Gasteiger partial charge >= 0.3 is 6.09 Å². The second kappa shape index (κ2) is 10.1. The number of carbonyl (C=O) groups is 1. The molecule has 3 aliphatic rings. The molecule has 0 atom stereocenters. The van der Waals surface area contributed by atoms with Gasteiger partial charge in [0.2, 0.25) is 0 Å². The van der Waals surface area contributed by atoms with Crippen molar-refractivity contribution in [3.05, 3.63) is 40.4 Å². The minimum atomic E-state index is -0.567. The summed E-state index contributed by atoms with van der Waals surface area (Å²) in [5.74, 6) is 3.79. The number of amides is 1. The number of nitrogens with zero attached hydrogens (tertiary/aromatic N) is 4. The SMILES string of the molecule is CC(C)(C)OC(=O)N1Cc2cc(Cl)ccc2-n2c(nnc2C2CCC(CC3CCOCC3)CC2)C1. The Kier molecular flexibility index (Phi) is 7.09. The second-order valence-electron chi connectivity index (χ2n) is 11.4. The van der Waals surface area contributed by atoms with E-state index in [2.05, 4.69) is 14.8 Å². The minimum absolute atomic E-state index is 0.352. The predicted molar refractivity (Wildman–Crippen MR) is 135 cm³/mol. The molecule has 1 amide bonds. The number of rotatable bonds is 3. The van der Waals surface area contributed by atoms with Crippen molar-refractivity contribution in [2.45, 2.75) is 90.3 Å². The van der Waals surface area contributed by atoms with E-state index in [9.17, 15) is 4.79 Å². The standard InChI is InChI=1S/C27H37ClN4O3/c1-27(2,3)35-26(33)31-16-21-15-22(28)8-9-23(21)32-24(17-31)29-30-25(32)20-6-4-18(5-7-20)14-19-10-12-34-13-11-19/h8-9,15,18-20H,4-7,10-14,16-17H2,1-3H3. The molecule has 2 fully saturated rings. The Morgan fingerprint density at radius 2 is 1.77 bits per heavy atom. The van der Waals surface area contributed by atoms with E-state index in [0.717, 1.165) is 60.8 Å². The highest BCUT2D eigenvalue weighted by molar-refractivity contribution is 6.30. The summed E-state index contributed by atoms with van der Waals surface area (Å²) in [5.41, 5.74) is 1.43. The number of benzene rings is 1. The highest BCUT2D eigenvalue weighted by Gasteiger charge is 2.33. The van der Waals surface area contributed by atoms with Gasteiger partial charge in [0.1, 0.15) is 11.4 Å². The lowest BCUT2D eigenvalue weighted by Gasteiger charge is -2.32. The zero-order valence-corrected chi connectivity index (χ0v) is 21.9. The Labute approximate surface area is 213 Å². The molecular formula is C27H37ClN4O3. The summed E-state index contributed by atoms with van der Waals surface area (Å²) in [5, 5.41) is 9.90. The Morgan fingerprint density at radius 1 is 1.06 bits per heavy atom. The van der Waals surface area contributed by atoms with Crippen LogP contribution in [0.3, 0.4) is 0 Å². The summed E-state index contributed by atoms with van der Waals surface area (Å²) < 4.78 is 13.4. The molecule has 0 N–H and O–H groups in total. The lowest BCUT2D eigenvalue weighted by molar-refractivity contribution is 0.0214. The van der Waals surface area contributed by atoms with E-state index in [-0.39, 0.29) is 6.09 Å². The van der Waals surface area contributed by atoms with E-state index < -0.39 is 5.60 Å². The van der Waals surface area contributed by atoms with Crippen molar-refractivity contribution in [2.24, 2.45) is 11.8 Å². The van der Waals surface area contributed by atoms with Crippen LogP contribution in [0, 0.1) is 11.8 Å². The van der Waals surface area contributed by atoms with Crippen molar-refractivity contribution in [3.63, 3.8) is 0 Å². The molecule has 190 valence electrons. The quantitative estimate of drug-likeness (QED) is 0.497. The maximum absolute atomic E-state index is 13.0. The molecule has 0 unspecified atom stereocenters. The third kappa shape index (κ3) is 5.67. The van der Waals surface area contributed by atoms with Crippen molar-refractivity contribution >= 4 is 17.7 Å². The minimum Gasteiger partial charge on any atom is -0.444 e. The first-order chi connectivity index (χ1) is 16.8. The van der Waals surface area contributed by atoms with E-state index in [4.69, 9.17) is 21.1 Å². The molecule has 1 saturated carbocycles. The lowest BCUT2D eigenvalue weighted by atomic mass is 9.76. The molecule has 0 bridgehead atoms. The van der Waals surface area contributed by atoms with Gasteiger partial charge in [0.05, 0.1) is 18.8 Å². The molecule has 5 rings (SSSR count). The number of carbonyl (C=O) groups excluding carboxylic acids is 1. The molecule has 35 heavy (non-hydrogen) atoms. The van der Waals surface area contributed by atoms with Gasteiger partial charge in [0.15, 0.2) is 5.82 Å². The molecule has 1 aromatic carbocycles. The van der Waals surface area contributed by atoms with Crippen LogP contribution in [0.1, 0.15) is 88.8 Å². The third-order valence-corrected chi connectivity index (χ3v) is 7.84. The van der Waals surface area contributed by atoms with Crippen LogP contribution in [0.15, 0.2) is 18.2 Å². The number of ether oxygens (including phenoxy) is 2. The summed E-state index contributed by atoms with van der Waals surface area (Å²) in [4.78, 5) is 14.7. The molecule has 3 heterocycles. The molecule has 2 aromatic rings. The van der Waals surface area contributed by atoms with Gasteiger partial charge in [0, 0.05) is 24.2 Å². The van der Waals surface area contributed by atoms with Crippen molar-refractivity contribution in [3.8, 4) is 5.69 Å². The zero-order valence-electron chi connectivity index (χ0n) is 21.1. The molecule has 0 spiro atoms. The molecule has 1 aliphatic carbocycles. The summed E-state index contributed by atoms with van der Waals surface area (Å²) in [6, 6.07) is 5.88. The predicted octanol–water partition coefficient (Wildman–Crippen LogP) is 6.26. The molecule has 1 aromatic heterocycles. The monoisotopic (exact) mass is 500 g/mol. The molecule has 7 nitrogen and oxygen atoms in total. The summed E-state index contributed by atoms with van der Waals surface area (Å²) in [7, 11) is 0. The second-order valence-corrected chi connectivity index (χ2v) is 11.9. The van der Waals surface area contributed by atoms with Gasteiger partial charge in [-0.15, -0.1) is 10.2 Å². The Hall–Kier alpha value is -2.12. The molecule has 1 saturated heterocycles. The van der Waals surface area contributed by atoms with Crippen molar-refractivity contribution in [2.75, 3.05) is 13.2 Å². The van der Waals surface area contributed by atoms with E-state index in [1.165, 1.54) is 32.1 Å². The van der Waals surface area contributed by atoms with Crippen LogP contribution in [0.25, 0.3) is 5.69 Å². The van der Waals surface area contributed by atoms with Gasteiger partial charge in [0.25, 0.3) is 0 Å². The van der Waals surface area contributed by atoms with Crippen LogP contribution >= 0.6 is 11.6 Å². The Balaban J connectivity index is 1.37. The molecule has 0 radical (unpaired) electrons. The van der Waals surface area contributed by atoms with Crippen molar-refractivity contribution in [1.82, 2.24) is 19.7 Å². The molecular weight excluding hydrogens is 464 g/mol. The molecule has 2 aliphatic heterocycles. The smallest absolute Gasteiger partial charge is 0.411 e. The summed E-state index contributed by atoms with van der Waals surface area (Å²) >= 11 is 6.37. The van der Waals surface area contributed by atoms with E-state index in [1.807, 2.05) is 39.0 Å². The maximum atomic E-state index is 13.0. The zero-order chi connectivity index (χ0) is 24.6.